The highest BCUT2D eigenvalue weighted by atomic mass is 32.2. The highest BCUT2D eigenvalue weighted by Gasteiger charge is 2.37. The van der Waals surface area contributed by atoms with Crippen LogP contribution in [0.2, 0.25) is 0 Å². The summed E-state index contributed by atoms with van der Waals surface area (Å²) in [6.07, 6.45) is 3.30. The van der Waals surface area contributed by atoms with E-state index in [-0.39, 0.29) is 11.1 Å². The normalized spacial score (nSPS) is 17.7. The zero-order valence-electron chi connectivity index (χ0n) is 14.2. The number of hydrogen-bond acceptors (Lipinski definition) is 6. The van der Waals surface area contributed by atoms with E-state index in [1.165, 1.54) is 17.8 Å². The SMILES string of the molecule is Cc1ccc([N+](=O)[O-])c(N2C(C(C)C(=O)O)=CSC2c2ccncc2)c1. The fourth-order valence-corrected chi connectivity index (χ4v) is 4.08. The van der Waals surface area contributed by atoms with E-state index < -0.39 is 16.8 Å². The van der Waals surface area contributed by atoms with Crippen molar-refractivity contribution in [3.05, 3.63) is 75.1 Å². The molecule has 134 valence electrons. The van der Waals surface area contributed by atoms with Crippen molar-refractivity contribution in [3.8, 4) is 0 Å². The molecule has 1 aromatic carbocycles. The second kappa shape index (κ2) is 7.17. The van der Waals surface area contributed by atoms with Crippen molar-refractivity contribution in [1.82, 2.24) is 4.98 Å². The monoisotopic (exact) mass is 371 g/mol. The lowest BCUT2D eigenvalue weighted by atomic mass is 10.0. The summed E-state index contributed by atoms with van der Waals surface area (Å²) in [6, 6.07) is 8.51. The number of rotatable bonds is 5. The molecule has 8 heteroatoms. The van der Waals surface area contributed by atoms with Gasteiger partial charge in [-0.2, -0.15) is 0 Å². The van der Waals surface area contributed by atoms with Crippen LogP contribution in [0.4, 0.5) is 11.4 Å². The van der Waals surface area contributed by atoms with Crippen LogP contribution in [-0.4, -0.2) is 21.0 Å². The predicted octanol–water partition coefficient (Wildman–Crippen LogP) is 4.11. The number of hydrogen-bond donors (Lipinski definition) is 1. The van der Waals surface area contributed by atoms with Gasteiger partial charge < -0.3 is 10.0 Å². The van der Waals surface area contributed by atoms with E-state index in [9.17, 15) is 20.0 Å². The largest absolute Gasteiger partial charge is 0.481 e. The molecule has 2 unspecified atom stereocenters. The summed E-state index contributed by atoms with van der Waals surface area (Å²) < 4.78 is 0. The number of pyridine rings is 1. The van der Waals surface area contributed by atoms with Crippen LogP contribution in [0, 0.1) is 23.0 Å². The van der Waals surface area contributed by atoms with Crippen LogP contribution in [0.5, 0.6) is 0 Å². The van der Waals surface area contributed by atoms with Crippen molar-refractivity contribution < 1.29 is 14.8 Å². The highest BCUT2D eigenvalue weighted by molar-refractivity contribution is 8.02. The van der Waals surface area contributed by atoms with Gasteiger partial charge in [-0.1, -0.05) is 6.07 Å². The summed E-state index contributed by atoms with van der Waals surface area (Å²) in [5.41, 5.74) is 2.61. The van der Waals surface area contributed by atoms with Crippen molar-refractivity contribution in [2.75, 3.05) is 4.90 Å². The molecule has 0 bridgehead atoms. The number of nitro groups is 1. The number of carbonyl (C=O) groups is 1. The second-order valence-corrected chi connectivity index (χ2v) is 6.95. The smallest absolute Gasteiger partial charge is 0.312 e. The minimum atomic E-state index is -0.979. The Kier molecular flexibility index (Phi) is 4.94. The van der Waals surface area contributed by atoms with E-state index in [0.717, 1.165) is 11.1 Å². The molecule has 0 fully saturated rings. The number of aliphatic carboxylic acids is 1. The van der Waals surface area contributed by atoms with Crippen LogP contribution in [-0.2, 0) is 4.79 Å². The van der Waals surface area contributed by atoms with Gasteiger partial charge in [-0.25, -0.2) is 0 Å². The summed E-state index contributed by atoms with van der Waals surface area (Å²) in [5.74, 6) is -1.78. The maximum absolute atomic E-state index is 11.6. The Morgan fingerprint density at radius 1 is 1.35 bits per heavy atom. The maximum atomic E-state index is 11.6. The van der Waals surface area contributed by atoms with Gasteiger partial charge in [0.25, 0.3) is 5.69 Å². The van der Waals surface area contributed by atoms with Crippen molar-refractivity contribution in [2.45, 2.75) is 19.2 Å². The van der Waals surface area contributed by atoms with Crippen molar-refractivity contribution in [1.29, 1.82) is 0 Å². The number of carboxylic acid groups (broad SMARTS) is 1. The van der Waals surface area contributed by atoms with Gasteiger partial charge in [-0.3, -0.25) is 19.9 Å². The summed E-state index contributed by atoms with van der Waals surface area (Å²) in [5, 5.41) is 22.5. The molecule has 0 spiro atoms. The first-order chi connectivity index (χ1) is 12.4. The molecule has 1 aromatic heterocycles. The van der Waals surface area contributed by atoms with Gasteiger partial charge in [-0.15, -0.1) is 11.8 Å². The van der Waals surface area contributed by atoms with Gasteiger partial charge in [0.2, 0.25) is 0 Å². The molecular formula is C18H17N3O4S. The molecule has 0 saturated carbocycles. The summed E-state index contributed by atoms with van der Waals surface area (Å²) in [7, 11) is 0. The maximum Gasteiger partial charge on any atom is 0.312 e. The Hall–Kier alpha value is -2.87. The summed E-state index contributed by atoms with van der Waals surface area (Å²) >= 11 is 1.43. The van der Waals surface area contributed by atoms with E-state index in [2.05, 4.69) is 4.98 Å². The first kappa shape index (κ1) is 17.9. The third kappa shape index (κ3) is 3.28. The Balaban J connectivity index is 2.16. The minimum absolute atomic E-state index is 0.0550. The number of benzene rings is 1. The molecule has 0 amide bonds. The Morgan fingerprint density at radius 3 is 2.65 bits per heavy atom. The van der Waals surface area contributed by atoms with E-state index in [1.807, 2.05) is 19.1 Å². The third-order valence-corrected chi connectivity index (χ3v) is 5.34. The fraction of sp³-hybridized carbons (Fsp3) is 0.222. The summed E-state index contributed by atoms with van der Waals surface area (Å²) in [6.45, 7) is 3.43. The molecule has 26 heavy (non-hydrogen) atoms. The van der Waals surface area contributed by atoms with Gasteiger partial charge in [0, 0.05) is 24.2 Å². The first-order valence-corrected chi connectivity index (χ1v) is 8.87. The molecule has 7 nitrogen and oxygen atoms in total. The molecule has 2 heterocycles. The van der Waals surface area contributed by atoms with Crippen LogP contribution >= 0.6 is 11.8 Å². The van der Waals surface area contributed by atoms with Gasteiger partial charge in [-0.05, 0) is 48.6 Å². The minimum Gasteiger partial charge on any atom is -0.481 e. The Morgan fingerprint density at radius 2 is 2.04 bits per heavy atom. The molecule has 0 saturated heterocycles. The van der Waals surface area contributed by atoms with Gasteiger partial charge in [0.05, 0.1) is 10.8 Å². The molecule has 3 rings (SSSR count). The average Bonchev–Trinajstić information content (AvgIpc) is 3.06. The van der Waals surface area contributed by atoms with Crippen LogP contribution in [0.15, 0.2) is 53.8 Å². The molecule has 2 aromatic rings. The summed E-state index contributed by atoms with van der Waals surface area (Å²) in [4.78, 5) is 28.5. The average molecular weight is 371 g/mol. The van der Waals surface area contributed by atoms with Crippen molar-refractivity contribution in [2.24, 2.45) is 5.92 Å². The number of carboxylic acids is 1. The lowest BCUT2D eigenvalue weighted by Crippen LogP contribution is -2.29. The van der Waals surface area contributed by atoms with Crippen molar-refractivity contribution in [3.63, 3.8) is 0 Å². The van der Waals surface area contributed by atoms with Crippen molar-refractivity contribution >= 4 is 29.1 Å². The quantitative estimate of drug-likeness (QED) is 0.624. The van der Waals surface area contributed by atoms with E-state index >= 15 is 0 Å². The highest BCUT2D eigenvalue weighted by Crippen LogP contribution is 2.49. The van der Waals surface area contributed by atoms with Crippen LogP contribution < -0.4 is 4.90 Å². The third-order valence-electron chi connectivity index (χ3n) is 4.22. The molecular weight excluding hydrogens is 354 g/mol. The van der Waals surface area contributed by atoms with Gasteiger partial charge in [0.15, 0.2) is 0 Å². The first-order valence-electron chi connectivity index (χ1n) is 7.92. The molecule has 0 aliphatic carbocycles. The van der Waals surface area contributed by atoms with Crippen LogP contribution in [0.3, 0.4) is 0 Å². The molecule has 0 radical (unpaired) electrons. The van der Waals surface area contributed by atoms with Crippen LogP contribution in [0.25, 0.3) is 0 Å². The molecule has 1 aliphatic rings. The fourth-order valence-electron chi connectivity index (χ4n) is 2.83. The second-order valence-electron chi connectivity index (χ2n) is 5.99. The van der Waals surface area contributed by atoms with Gasteiger partial charge in [0.1, 0.15) is 11.1 Å². The zero-order valence-corrected chi connectivity index (χ0v) is 15.0. The van der Waals surface area contributed by atoms with E-state index in [0.29, 0.717) is 11.4 Å². The predicted molar refractivity (Wildman–Crippen MR) is 99.8 cm³/mol. The number of nitrogens with zero attached hydrogens (tertiary/aromatic N) is 3. The van der Waals surface area contributed by atoms with E-state index in [4.69, 9.17) is 0 Å². The number of aromatic nitrogens is 1. The zero-order chi connectivity index (χ0) is 18.8. The number of anilines is 1. The van der Waals surface area contributed by atoms with Crippen LogP contribution in [0.1, 0.15) is 23.4 Å². The Labute approximate surface area is 154 Å². The van der Waals surface area contributed by atoms with Gasteiger partial charge >= 0.3 is 5.97 Å². The topological polar surface area (TPSA) is 96.6 Å². The lowest BCUT2D eigenvalue weighted by molar-refractivity contribution is -0.384. The Bertz CT molecular complexity index is 885. The molecule has 1 N–H and O–H groups in total. The number of thioether (sulfide) groups is 1. The molecule has 2 atom stereocenters. The lowest BCUT2D eigenvalue weighted by Gasteiger charge is -2.30. The standard InChI is InChI=1S/C18H17N3O4S/c1-11-3-4-14(21(24)25)15(9-11)20-16(12(2)18(22)23)10-26-17(20)13-5-7-19-8-6-13/h3-10,12,17H,1-2H3,(H,22,23). The van der Waals surface area contributed by atoms with E-state index in [1.54, 1.807) is 41.8 Å². The molecule has 1 aliphatic heterocycles. The number of nitro benzene ring substituents is 1. The number of aryl methyl sites for hydroxylation is 1.